The van der Waals surface area contributed by atoms with Crippen LogP contribution in [0, 0.1) is 5.82 Å². The number of hydrogen-bond donors (Lipinski definition) is 0. The highest BCUT2D eigenvalue weighted by molar-refractivity contribution is 6.15. The van der Waals surface area contributed by atoms with Crippen LogP contribution in [0.3, 0.4) is 0 Å². The Morgan fingerprint density at radius 1 is 1.04 bits per heavy atom. The Balaban J connectivity index is 2.21. The number of methoxy groups -OCH3 is 1. The Labute approximate surface area is 147 Å². The summed E-state index contributed by atoms with van der Waals surface area (Å²) in [6.07, 6.45) is 0.620. The maximum absolute atomic E-state index is 13.3. The van der Waals surface area contributed by atoms with Crippen LogP contribution < -0.4 is 9.47 Å². The lowest BCUT2D eigenvalue weighted by Crippen LogP contribution is -2.13. The maximum Gasteiger partial charge on any atom is 0.165 e. The molecule has 0 aromatic heterocycles. The van der Waals surface area contributed by atoms with Gasteiger partial charge in [-0.25, -0.2) is 4.39 Å². The number of benzene rings is 2. The van der Waals surface area contributed by atoms with Crippen molar-refractivity contribution in [3.05, 3.63) is 58.9 Å². The van der Waals surface area contributed by atoms with Gasteiger partial charge in [0.2, 0.25) is 0 Å². The van der Waals surface area contributed by atoms with Gasteiger partial charge in [0.25, 0.3) is 0 Å². The van der Waals surface area contributed by atoms with E-state index in [4.69, 9.17) is 9.47 Å². The third-order valence-corrected chi connectivity index (χ3v) is 3.92. The highest BCUT2D eigenvalue weighted by Gasteiger charge is 2.23. The molecule has 0 atom stereocenters. The van der Waals surface area contributed by atoms with Crippen LogP contribution >= 0.6 is 0 Å². The second-order valence-electron chi connectivity index (χ2n) is 6.26. The molecule has 0 saturated carbocycles. The van der Waals surface area contributed by atoms with E-state index in [1.54, 1.807) is 19.2 Å². The van der Waals surface area contributed by atoms with Gasteiger partial charge in [0.1, 0.15) is 11.5 Å². The van der Waals surface area contributed by atoms with Crippen molar-refractivity contribution in [3.63, 3.8) is 0 Å². The maximum atomic E-state index is 13.3. The summed E-state index contributed by atoms with van der Waals surface area (Å²) in [5, 5.41) is 8.72. The summed E-state index contributed by atoms with van der Waals surface area (Å²) >= 11 is 0. The van der Waals surface area contributed by atoms with Crippen LogP contribution in [0.5, 0.6) is 11.5 Å². The summed E-state index contributed by atoms with van der Waals surface area (Å²) in [6.45, 7) is 5.89. The van der Waals surface area contributed by atoms with Crippen molar-refractivity contribution >= 4 is 11.4 Å². The lowest BCUT2D eigenvalue weighted by molar-refractivity contribution is 0.228. The molecule has 0 amide bonds. The van der Waals surface area contributed by atoms with Gasteiger partial charge in [0.05, 0.1) is 13.2 Å². The van der Waals surface area contributed by atoms with Gasteiger partial charge in [-0.05, 0) is 57.2 Å². The number of ether oxygens (including phenoxy) is 2. The number of rotatable bonds is 4. The SMILES string of the molecule is COc1ccc2c(c1OC(C)C)CC(C)=NN=C2c1ccc(F)cc1. The van der Waals surface area contributed by atoms with Crippen LogP contribution in [0.25, 0.3) is 0 Å². The van der Waals surface area contributed by atoms with E-state index < -0.39 is 0 Å². The van der Waals surface area contributed by atoms with Gasteiger partial charge in [-0.3, -0.25) is 0 Å². The van der Waals surface area contributed by atoms with Crippen molar-refractivity contribution in [1.82, 2.24) is 0 Å². The normalized spacial score (nSPS) is 13.7. The second-order valence-corrected chi connectivity index (χ2v) is 6.26. The molecular weight excluding hydrogens is 319 g/mol. The molecule has 1 aliphatic heterocycles. The molecule has 25 heavy (non-hydrogen) atoms. The summed E-state index contributed by atoms with van der Waals surface area (Å²) in [5.74, 6) is 1.11. The fourth-order valence-corrected chi connectivity index (χ4v) is 2.83. The molecule has 1 heterocycles. The van der Waals surface area contributed by atoms with Crippen LogP contribution in [0.15, 0.2) is 46.6 Å². The summed E-state index contributed by atoms with van der Waals surface area (Å²) in [6, 6.07) is 10.1. The number of nitrogens with zero attached hydrogens (tertiary/aromatic N) is 2. The summed E-state index contributed by atoms with van der Waals surface area (Å²) < 4.78 is 24.8. The fourth-order valence-electron chi connectivity index (χ4n) is 2.83. The second kappa shape index (κ2) is 7.05. The monoisotopic (exact) mass is 340 g/mol. The molecule has 4 nitrogen and oxygen atoms in total. The van der Waals surface area contributed by atoms with Gasteiger partial charge >= 0.3 is 0 Å². The Kier molecular flexibility index (Phi) is 4.83. The molecule has 0 bridgehead atoms. The predicted molar refractivity (Wildman–Crippen MR) is 97.6 cm³/mol. The van der Waals surface area contributed by atoms with E-state index in [0.29, 0.717) is 23.6 Å². The van der Waals surface area contributed by atoms with E-state index in [-0.39, 0.29) is 11.9 Å². The standard InChI is InChI=1S/C20H21FN2O2/c1-12(2)25-20-17-11-13(3)22-23-19(14-5-7-15(21)8-6-14)16(17)9-10-18(20)24-4/h5-10,12H,11H2,1-4H3. The van der Waals surface area contributed by atoms with Gasteiger partial charge in [-0.15, -0.1) is 5.10 Å². The van der Waals surface area contributed by atoms with E-state index in [1.807, 2.05) is 32.9 Å². The molecule has 2 aromatic carbocycles. The minimum Gasteiger partial charge on any atom is -0.493 e. The van der Waals surface area contributed by atoms with Crippen molar-refractivity contribution in [2.24, 2.45) is 10.2 Å². The van der Waals surface area contributed by atoms with Crippen molar-refractivity contribution in [1.29, 1.82) is 0 Å². The quantitative estimate of drug-likeness (QED) is 0.828. The minimum atomic E-state index is -0.281. The van der Waals surface area contributed by atoms with Gasteiger partial charge in [0, 0.05) is 28.8 Å². The Bertz CT molecular complexity index is 840. The average Bonchev–Trinajstić information content (AvgIpc) is 2.74. The molecule has 0 N–H and O–H groups in total. The molecule has 0 radical (unpaired) electrons. The van der Waals surface area contributed by atoms with Gasteiger partial charge in [0.15, 0.2) is 11.5 Å². The zero-order valence-corrected chi connectivity index (χ0v) is 14.8. The van der Waals surface area contributed by atoms with E-state index in [1.165, 1.54) is 12.1 Å². The first-order chi connectivity index (χ1) is 12.0. The van der Waals surface area contributed by atoms with Crippen LogP contribution in [-0.4, -0.2) is 24.6 Å². The number of halogens is 1. The van der Waals surface area contributed by atoms with Crippen LogP contribution in [0.1, 0.15) is 37.5 Å². The first-order valence-electron chi connectivity index (χ1n) is 8.23. The van der Waals surface area contributed by atoms with E-state index in [9.17, 15) is 4.39 Å². The number of hydrogen-bond acceptors (Lipinski definition) is 4. The molecule has 3 rings (SSSR count). The van der Waals surface area contributed by atoms with Crippen molar-refractivity contribution in [2.75, 3.05) is 7.11 Å². The first kappa shape index (κ1) is 17.1. The molecule has 5 heteroatoms. The molecule has 1 aliphatic rings. The molecular formula is C20H21FN2O2. The molecule has 0 unspecified atom stereocenters. The molecule has 130 valence electrons. The van der Waals surface area contributed by atoms with Crippen LogP contribution in [-0.2, 0) is 6.42 Å². The molecule has 0 spiro atoms. The Morgan fingerprint density at radius 2 is 1.76 bits per heavy atom. The van der Waals surface area contributed by atoms with Crippen molar-refractivity contribution < 1.29 is 13.9 Å². The van der Waals surface area contributed by atoms with E-state index in [2.05, 4.69) is 10.2 Å². The summed E-state index contributed by atoms with van der Waals surface area (Å²) in [7, 11) is 1.63. The summed E-state index contributed by atoms with van der Waals surface area (Å²) in [5.41, 5.74) is 4.28. The third-order valence-electron chi connectivity index (χ3n) is 3.92. The summed E-state index contributed by atoms with van der Waals surface area (Å²) in [4.78, 5) is 0. The van der Waals surface area contributed by atoms with E-state index in [0.717, 1.165) is 22.4 Å². The molecule has 2 aromatic rings. The predicted octanol–water partition coefficient (Wildman–Crippen LogP) is 4.39. The lowest BCUT2D eigenvalue weighted by Gasteiger charge is -2.20. The topological polar surface area (TPSA) is 43.2 Å². The zero-order chi connectivity index (χ0) is 18.0. The Hall–Kier alpha value is -2.69. The molecule has 0 saturated heterocycles. The Morgan fingerprint density at radius 3 is 2.40 bits per heavy atom. The fraction of sp³-hybridized carbons (Fsp3) is 0.300. The van der Waals surface area contributed by atoms with Gasteiger partial charge in [-0.2, -0.15) is 5.10 Å². The number of fused-ring (bicyclic) bond motifs is 1. The smallest absolute Gasteiger partial charge is 0.165 e. The lowest BCUT2D eigenvalue weighted by atomic mass is 9.94. The largest absolute Gasteiger partial charge is 0.493 e. The van der Waals surface area contributed by atoms with Crippen molar-refractivity contribution in [3.8, 4) is 11.5 Å². The van der Waals surface area contributed by atoms with Crippen LogP contribution in [0.2, 0.25) is 0 Å². The van der Waals surface area contributed by atoms with Crippen LogP contribution in [0.4, 0.5) is 4.39 Å². The zero-order valence-electron chi connectivity index (χ0n) is 14.8. The third kappa shape index (κ3) is 3.55. The first-order valence-corrected chi connectivity index (χ1v) is 8.23. The highest BCUT2D eigenvalue weighted by Crippen LogP contribution is 2.37. The van der Waals surface area contributed by atoms with Crippen molar-refractivity contribution in [2.45, 2.75) is 33.3 Å². The van der Waals surface area contributed by atoms with Gasteiger partial charge in [-0.1, -0.05) is 0 Å². The van der Waals surface area contributed by atoms with Gasteiger partial charge < -0.3 is 9.47 Å². The minimum absolute atomic E-state index is 0.00658. The molecule has 0 fully saturated rings. The average molecular weight is 340 g/mol. The molecule has 0 aliphatic carbocycles. The highest BCUT2D eigenvalue weighted by atomic mass is 19.1. The van der Waals surface area contributed by atoms with E-state index >= 15 is 0 Å².